The van der Waals surface area contributed by atoms with Crippen molar-refractivity contribution in [1.29, 1.82) is 0 Å². The van der Waals surface area contributed by atoms with Gasteiger partial charge >= 0.3 is 0 Å². The van der Waals surface area contributed by atoms with E-state index in [-0.39, 0.29) is 0 Å². The van der Waals surface area contributed by atoms with Gasteiger partial charge in [-0.05, 0) is 48.6 Å². The lowest BCUT2D eigenvalue weighted by atomic mass is 9.68. The molecule has 6 heteroatoms. The van der Waals surface area contributed by atoms with Crippen molar-refractivity contribution in [3.8, 4) is 11.5 Å². The van der Waals surface area contributed by atoms with Crippen LogP contribution in [-0.4, -0.2) is 17.5 Å². The molecular formula is C22H20ClNO4. The molecule has 144 valence electrons. The van der Waals surface area contributed by atoms with Gasteiger partial charge in [-0.1, -0.05) is 43.6 Å². The Balaban J connectivity index is 1.68. The molecule has 0 radical (unpaired) electrons. The van der Waals surface area contributed by atoms with Crippen molar-refractivity contribution in [2.45, 2.75) is 26.7 Å². The summed E-state index contributed by atoms with van der Waals surface area (Å²) in [6.07, 6.45) is 0.921. The van der Waals surface area contributed by atoms with Crippen LogP contribution < -0.4 is 10.1 Å². The lowest BCUT2D eigenvalue weighted by Gasteiger charge is -2.34. The van der Waals surface area contributed by atoms with Gasteiger partial charge in [-0.3, -0.25) is 14.4 Å². The first kappa shape index (κ1) is 18.7. The number of amides is 1. The van der Waals surface area contributed by atoms with Crippen LogP contribution >= 0.6 is 11.6 Å². The highest BCUT2D eigenvalue weighted by atomic mass is 35.5. The zero-order valence-corrected chi connectivity index (χ0v) is 16.4. The first-order chi connectivity index (χ1) is 13.3. The number of hydrogen-bond donors (Lipinski definition) is 1. The van der Waals surface area contributed by atoms with Gasteiger partial charge in [0.1, 0.15) is 11.2 Å². The molecule has 2 unspecified atom stereocenters. The van der Waals surface area contributed by atoms with E-state index in [1.807, 2.05) is 32.0 Å². The number of para-hydroxylation sites is 1. The summed E-state index contributed by atoms with van der Waals surface area (Å²) in [4.78, 5) is 38.3. The molecule has 28 heavy (non-hydrogen) atoms. The Kier molecular flexibility index (Phi) is 4.31. The molecule has 0 aromatic heterocycles. The largest absolute Gasteiger partial charge is 0.455 e. The molecule has 2 atom stereocenters. The molecule has 2 saturated carbocycles. The smallest absolute Gasteiger partial charge is 0.239 e. The summed E-state index contributed by atoms with van der Waals surface area (Å²) in [5.41, 5.74) is -1.70. The zero-order valence-electron chi connectivity index (χ0n) is 15.6. The van der Waals surface area contributed by atoms with Gasteiger partial charge in [0, 0.05) is 10.9 Å². The van der Waals surface area contributed by atoms with Crippen molar-refractivity contribution in [3.63, 3.8) is 0 Å². The molecule has 2 bridgehead atoms. The van der Waals surface area contributed by atoms with Crippen LogP contribution in [-0.2, 0) is 14.4 Å². The number of carbonyl (C=O) groups excluding carboxylic acids is 3. The number of nitrogens with one attached hydrogen (secondary N) is 1. The molecular weight excluding hydrogens is 378 g/mol. The molecule has 1 amide bonds. The third kappa shape index (κ3) is 2.57. The minimum absolute atomic E-state index is 0.363. The maximum absolute atomic E-state index is 13.3. The second-order valence-corrected chi connectivity index (χ2v) is 8.36. The molecule has 0 heterocycles. The van der Waals surface area contributed by atoms with Gasteiger partial charge in [-0.2, -0.15) is 0 Å². The molecule has 2 aliphatic rings. The second-order valence-electron chi connectivity index (χ2n) is 7.92. The van der Waals surface area contributed by atoms with Crippen molar-refractivity contribution >= 4 is 34.8 Å². The second kappa shape index (κ2) is 6.45. The van der Waals surface area contributed by atoms with Crippen LogP contribution in [0.5, 0.6) is 11.5 Å². The minimum atomic E-state index is -1.35. The fourth-order valence-corrected chi connectivity index (χ4v) is 4.79. The van der Waals surface area contributed by atoms with Crippen LogP contribution in [0.25, 0.3) is 0 Å². The van der Waals surface area contributed by atoms with E-state index in [0.29, 0.717) is 35.1 Å². The maximum Gasteiger partial charge on any atom is 0.239 e. The fraction of sp³-hybridized carbons (Fsp3) is 0.318. The van der Waals surface area contributed by atoms with Gasteiger partial charge in [-0.25, -0.2) is 0 Å². The van der Waals surface area contributed by atoms with Crippen molar-refractivity contribution in [3.05, 3.63) is 53.6 Å². The highest BCUT2D eigenvalue weighted by Gasteiger charge is 2.72. The van der Waals surface area contributed by atoms with E-state index < -0.39 is 34.2 Å². The standard InChI is InChI=1S/C22H20ClNO4/c1-21(2)15-10-11-22(21,19(26)18(15)25)20(27)24-16-12-13(23)8-9-17(16)28-14-6-4-3-5-7-14/h3-9,12,15H,10-11H2,1-2H3,(H,24,27). The van der Waals surface area contributed by atoms with Crippen LogP contribution in [0.15, 0.2) is 48.5 Å². The number of benzene rings is 2. The van der Waals surface area contributed by atoms with Gasteiger partial charge < -0.3 is 10.1 Å². The average molecular weight is 398 g/mol. The lowest BCUT2D eigenvalue weighted by molar-refractivity contribution is -0.147. The van der Waals surface area contributed by atoms with Gasteiger partial charge in [-0.15, -0.1) is 0 Å². The van der Waals surface area contributed by atoms with Crippen LogP contribution in [0.3, 0.4) is 0 Å². The van der Waals surface area contributed by atoms with Gasteiger partial charge in [0.15, 0.2) is 5.75 Å². The highest BCUT2D eigenvalue weighted by molar-refractivity contribution is 6.48. The topological polar surface area (TPSA) is 72.5 Å². The first-order valence-corrected chi connectivity index (χ1v) is 9.58. The van der Waals surface area contributed by atoms with E-state index in [1.165, 1.54) is 0 Å². The highest BCUT2D eigenvalue weighted by Crippen LogP contribution is 2.62. The summed E-state index contributed by atoms with van der Waals surface area (Å²) < 4.78 is 5.88. The summed E-state index contributed by atoms with van der Waals surface area (Å²) in [5, 5.41) is 3.24. The van der Waals surface area contributed by atoms with Crippen molar-refractivity contribution in [2.24, 2.45) is 16.7 Å². The van der Waals surface area contributed by atoms with E-state index in [1.54, 1.807) is 30.3 Å². The van der Waals surface area contributed by atoms with Gasteiger partial charge in [0.2, 0.25) is 17.5 Å². The van der Waals surface area contributed by atoms with Crippen molar-refractivity contribution in [2.75, 3.05) is 5.32 Å². The molecule has 0 aliphatic heterocycles. The van der Waals surface area contributed by atoms with E-state index >= 15 is 0 Å². The Labute approximate surface area is 168 Å². The molecule has 4 rings (SSSR count). The Morgan fingerprint density at radius 2 is 1.86 bits per heavy atom. The van der Waals surface area contributed by atoms with Crippen LogP contribution in [0.1, 0.15) is 26.7 Å². The number of halogens is 1. The summed E-state index contributed by atoms with van der Waals surface area (Å²) in [5.74, 6) is -0.880. The number of hydrogen-bond acceptors (Lipinski definition) is 4. The molecule has 0 spiro atoms. The molecule has 2 aromatic carbocycles. The predicted octanol–water partition coefficient (Wildman–Crippen LogP) is 4.65. The molecule has 1 N–H and O–H groups in total. The summed E-state index contributed by atoms with van der Waals surface area (Å²) in [7, 11) is 0. The Hall–Kier alpha value is -2.66. The Morgan fingerprint density at radius 3 is 2.50 bits per heavy atom. The monoisotopic (exact) mass is 397 g/mol. The summed E-state index contributed by atoms with van der Waals surface area (Å²) in [6, 6.07) is 14.0. The van der Waals surface area contributed by atoms with Crippen molar-refractivity contribution in [1.82, 2.24) is 0 Å². The normalized spacial score (nSPS) is 25.0. The number of ether oxygens (including phenoxy) is 1. The summed E-state index contributed by atoms with van der Waals surface area (Å²) >= 11 is 6.12. The number of rotatable bonds is 4. The third-order valence-electron chi connectivity index (χ3n) is 6.26. The molecule has 2 fully saturated rings. The SMILES string of the molecule is CC1(C)C2CCC1(C(=O)Nc1cc(Cl)ccc1Oc1ccccc1)C(=O)C2=O. The Morgan fingerprint density at radius 1 is 1.14 bits per heavy atom. The first-order valence-electron chi connectivity index (χ1n) is 9.20. The lowest BCUT2D eigenvalue weighted by Crippen LogP contribution is -2.47. The number of fused-ring (bicyclic) bond motifs is 2. The van der Waals surface area contributed by atoms with Crippen LogP contribution in [0.2, 0.25) is 5.02 Å². The predicted molar refractivity (Wildman–Crippen MR) is 106 cm³/mol. The molecule has 2 aromatic rings. The number of ketones is 2. The van der Waals surface area contributed by atoms with Crippen molar-refractivity contribution < 1.29 is 19.1 Å². The summed E-state index contributed by atoms with van der Waals surface area (Å²) in [6.45, 7) is 3.65. The van der Waals surface area contributed by atoms with E-state index in [0.717, 1.165) is 0 Å². The van der Waals surface area contributed by atoms with E-state index in [2.05, 4.69) is 5.32 Å². The van der Waals surface area contributed by atoms with Gasteiger partial charge in [0.05, 0.1) is 5.69 Å². The van der Waals surface area contributed by atoms with Crippen LogP contribution in [0.4, 0.5) is 5.69 Å². The van der Waals surface area contributed by atoms with E-state index in [9.17, 15) is 14.4 Å². The van der Waals surface area contributed by atoms with Crippen LogP contribution in [0, 0.1) is 16.7 Å². The molecule has 0 saturated heterocycles. The fourth-order valence-electron chi connectivity index (χ4n) is 4.62. The average Bonchev–Trinajstić information content (AvgIpc) is 3.01. The zero-order chi connectivity index (χ0) is 20.1. The third-order valence-corrected chi connectivity index (χ3v) is 6.49. The maximum atomic E-state index is 13.3. The molecule has 2 aliphatic carbocycles. The molecule has 5 nitrogen and oxygen atoms in total. The number of carbonyl (C=O) groups is 3. The quantitative estimate of drug-likeness (QED) is 0.602. The van der Waals surface area contributed by atoms with Gasteiger partial charge in [0.25, 0.3) is 0 Å². The number of Topliss-reactive ketones (excluding diaryl/α,β-unsaturated/α-hetero) is 2. The van der Waals surface area contributed by atoms with E-state index in [4.69, 9.17) is 16.3 Å². The number of anilines is 1. The Bertz CT molecular complexity index is 985. The minimum Gasteiger partial charge on any atom is -0.455 e.